The molecule has 4 aromatic rings. The van der Waals surface area contributed by atoms with Gasteiger partial charge in [-0.1, -0.05) is 24.3 Å². The zero-order valence-electron chi connectivity index (χ0n) is 17.8. The number of carbonyl (C=O) groups excluding carboxylic acids is 2. The molecule has 3 heterocycles. The maximum atomic E-state index is 12.9. The number of fused-ring (bicyclic) bond motifs is 1. The van der Waals surface area contributed by atoms with Crippen LogP contribution in [0.15, 0.2) is 78.3 Å². The lowest BCUT2D eigenvalue weighted by Crippen LogP contribution is -2.49. The van der Waals surface area contributed by atoms with E-state index in [0.717, 1.165) is 22.0 Å². The fraction of sp³-hybridized carbons (Fsp3) is 0.120. The number of amides is 2. The van der Waals surface area contributed by atoms with Gasteiger partial charge in [0.05, 0.1) is 17.1 Å². The van der Waals surface area contributed by atoms with Gasteiger partial charge in [-0.3, -0.25) is 19.5 Å². The first kappa shape index (κ1) is 20.8. The number of hydrogen-bond acceptors (Lipinski definition) is 6. The van der Waals surface area contributed by atoms with Gasteiger partial charge in [0.25, 0.3) is 5.91 Å². The Morgan fingerprint density at radius 2 is 1.91 bits per heavy atom. The van der Waals surface area contributed by atoms with E-state index in [1.165, 1.54) is 16.2 Å². The molecule has 164 valence electrons. The number of ether oxygens (including phenoxy) is 1. The van der Waals surface area contributed by atoms with Crippen molar-refractivity contribution in [3.8, 4) is 27.7 Å². The largest absolute Gasteiger partial charge is 0.482 e. The zero-order valence-corrected chi connectivity index (χ0v) is 18.6. The van der Waals surface area contributed by atoms with Gasteiger partial charge >= 0.3 is 0 Å². The average Bonchev–Trinajstić information content (AvgIpc) is 3.35. The number of hydrogen-bond donors (Lipinski definition) is 1. The highest BCUT2D eigenvalue weighted by atomic mass is 32.1. The van der Waals surface area contributed by atoms with Gasteiger partial charge in [-0.05, 0) is 49.4 Å². The lowest BCUT2D eigenvalue weighted by molar-refractivity contribution is -0.125. The Labute approximate surface area is 194 Å². The Hall–Kier alpha value is -4.04. The smallest absolute Gasteiger partial charge is 0.265 e. The number of para-hydroxylation sites is 1. The number of thiazole rings is 1. The third-order valence-electron chi connectivity index (χ3n) is 5.33. The monoisotopic (exact) mass is 456 g/mol. The summed E-state index contributed by atoms with van der Waals surface area (Å²) >= 11 is 1.50. The van der Waals surface area contributed by atoms with Gasteiger partial charge in [-0.25, -0.2) is 4.98 Å². The van der Waals surface area contributed by atoms with Crippen LogP contribution in [0, 0.1) is 0 Å². The third-order valence-corrected chi connectivity index (χ3v) is 6.20. The van der Waals surface area contributed by atoms with Crippen molar-refractivity contribution < 1.29 is 14.3 Å². The molecule has 2 aromatic heterocycles. The van der Waals surface area contributed by atoms with Crippen molar-refractivity contribution in [3.05, 3.63) is 78.3 Å². The zero-order chi connectivity index (χ0) is 22.8. The van der Waals surface area contributed by atoms with Crippen molar-refractivity contribution in [1.29, 1.82) is 0 Å². The summed E-state index contributed by atoms with van der Waals surface area (Å²) in [6.07, 6.45) is 1.73. The molecule has 8 heteroatoms. The van der Waals surface area contributed by atoms with Crippen LogP contribution < -0.4 is 15.0 Å². The third kappa shape index (κ3) is 4.20. The number of nitrogens with one attached hydrogen (secondary N) is 1. The Balaban J connectivity index is 1.45. The molecule has 0 radical (unpaired) electrons. The second-order valence-corrected chi connectivity index (χ2v) is 8.38. The van der Waals surface area contributed by atoms with Gasteiger partial charge < -0.3 is 10.1 Å². The van der Waals surface area contributed by atoms with Crippen molar-refractivity contribution in [2.24, 2.45) is 0 Å². The number of benzene rings is 2. The van der Waals surface area contributed by atoms with Crippen molar-refractivity contribution in [3.63, 3.8) is 0 Å². The second-order valence-electron chi connectivity index (χ2n) is 7.52. The molecule has 7 nitrogen and oxygen atoms in total. The highest BCUT2D eigenvalue weighted by molar-refractivity contribution is 7.13. The summed E-state index contributed by atoms with van der Waals surface area (Å²) in [6.45, 7) is 1.59. The molecule has 1 aliphatic rings. The van der Waals surface area contributed by atoms with E-state index >= 15 is 0 Å². The van der Waals surface area contributed by atoms with E-state index in [4.69, 9.17) is 9.72 Å². The lowest BCUT2D eigenvalue weighted by atomic mass is 10.1. The van der Waals surface area contributed by atoms with E-state index in [9.17, 15) is 9.59 Å². The fourth-order valence-corrected chi connectivity index (χ4v) is 4.46. The van der Waals surface area contributed by atoms with Crippen LogP contribution in [0.1, 0.15) is 6.92 Å². The summed E-state index contributed by atoms with van der Waals surface area (Å²) < 4.78 is 5.63. The Morgan fingerprint density at radius 3 is 2.70 bits per heavy atom. The van der Waals surface area contributed by atoms with Crippen LogP contribution in [0.5, 0.6) is 5.75 Å². The number of anilines is 2. The van der Waals surface area contributed by atoms with E-state index < -0.39 is 6.04 Å². The first-order valence-electron chi connectivity index (χ1n) is 10.4. The summed E-state index contributed by atoms with van der Waals surface area (Å²) in [5, 5.41) is 5.63. The van der Waals surface area contributed by atoms with E-state index in [0.29, 0.717) is 17.1 Å². The minimum atomic E-state index is -0.727. The van der Waals surface area contributed by atoms with E-state index in [1.54, 1.807) is 25.3 Å². The van der Waals surface area contributed by atoms with Crippen LogP contribution in [0.2, 0.25) is 0 Å². The first-order chi connectivity index (χ1) is 16.1. The summed E-state index contributed by atoms with van der Waals surface area (Å²) in [6, 6.07) is 19.7. The van der Waals surface area contributed by atoms with Gasteiger partial charge in [0.2, 0.25) is 5.91 Å². The van der Waals surface area contributed by atoms with Crippen LogP contribution in [-0.4, -0.2) is 34.4 Å². The lowest BCUT2D eigenvalue weighted by Gasteiger charge is -2.33. The maximum Gasteiger partial charge on any atom is 0.265 e. The minimum Gasteiger partial charge on any atom is -0.482 e. The molecule has 2 amide bonds. The molecule has 1 N–H and O–H groups in total. The highest BCUT2D eigenvalue weighted by Gasteiger charge is 2.33. The Morgan fingerprint density at radius 1 is 1.09 bits per heavy atom. The molecule has 0 aliphatic carbocycles. The SMILES string of the molecule is CC(C(=O)Nc1ccccc1)N1C(=O)COc2ccc(-c3csc(-c4ccccn4)n3)cc21. The summed E-state index contributed by atoms with van der Waals surface area (Å²) in [4.78, 5) is 36.3. The molecule has 0 fully saturated rings. The second kappa shape index (κ2) is 8.84. The van der Waals surface area contributed by atoms with Crippen LogP contribution >= 0.6 is 11.3 Å². The van der Waals surface area contributed by atoms with Crippen molar-refractivity contribution in [2.75, 3.05) is 16.8 Å². The number of aromatic nitrogens is 2. The van der Waals surface area contributed by atoms with Gasteiger partial charge in [0.1, 0.15) is 16.8 Å². The summed E-state index contributed by atoms with van der Waals surface area (Å²) in [5.41, 5.74) is 3.62. The van der Waals surface area contributed by atoms with Gasteiger partial charge in [-0.2, -0.15) is 0 Å². The molecule has 1 aliphatic heterocycles. The molecule has 2 aromatic carbocycles. The first-order valence-corrected chi connectivity index (χ1v) is 11.3. The maximum absolute atomic E-state index is 12.9. The predicted octanol–water partition coefficient (Wildman–Crippen LogP) is 4.62. The van der Waals surface area contributed by atoms with Crippen LogP contribution in [0.3, 0.4) is 0 Å². The average molecular weight is 457 g/mol. The molecule has 0 bridgehead atoms. The predicted molar refractivity (Wildman–Crippen MR) is 128 cm³/mol. The topological polar surface area (TPSA) is 84.4 Å². The minimum absolute atomic E-state index is 0.115. The van der Waals surface area contributed by atoms with Gasteiger partial charge in [0.15, 0.2) is 6.61 Å². The fourth-order valence-electron chi connectivity index (χ4n) is 3.65. The molecule has 0 saturated heterocycles. The number of carbonyl (C=O) groups is 2. The number of pyridine rings is 1. The molecule has 33 heavy (non-hydrogen) atoms. The van der Waals surface area contributed by atoms with Crippen molar-refractivity contribution >= 4 is 34.5 Å². The molecule has 1 atom stereocenters. The van der Waals surface area contributed by atoms with Crippen LogP contribution in [0.4, 0.5) is 11.4 Å². The quantitative estimate of drug-likeness (QED) is 0.474. The van der Waals surface area contributed by atoms with Crippen molar-refractivity contribution in [1.82, 2.24) is 9.97 Å². The Bertz CT molecular complexity index is 1310. The molecule has 0 saturated carbocycles. The highest BCUT2D eigenvalue weighted by Crippen LogP contribution is 2.38. The van der Waals surface area contributed by atoms with E-state index in [-0.39, 0.29) is 18.4 Å². The summed E-state index contributed by atoms with van der Waals surface area (Å²) in [5.74, 6) is -0.000367. The van der Waals surface area contributed by atoms with Crippen molar-refractivity contribution in [2.45, 2.75) is 13.0 Å². The standard InChI is InChI=1S/C25H20N4O3S/c1-16(24(31)27-18-7-3-2-4-8-18)29-21-13-17(10-11-22(21)32-14-23(29)30)20-15-33-25(28-20)19-9-5-6-12-26-19/h2-13,15-16H,14H2,1H3,(H,27,31). The van der Waals surface area contributed by atoms with E-state index in [1.807, 2.05) is 60.0 Å². The normalized spacial score (nSPS) is 13.7. The van der Waals surface area contributed by atoms with Gasteiger partial charge in [0, 0.05) is 22.8 Å². The molecular weight excluding hydrogens is 436 g/mol. The Kier molecular flexibility index (Phi) is 5.58. The summed E-state index contributed by atoms with van der Waals surface area (Å²) in [7, 11) is 0. The molecule has 0 spiro atoms. The van der Waals surface area contributed by atoms with E-state index in [2.05, 4.69) is 10.3 Å². The van der Waals surface area contributed by atoms with Crippen LogP contribution in [0.25, 0.3) is 22.0 Å². The molecule has 1 unspecified atom stereocenters. The molecule has 5 rings (SSSR count). The van der Waals surface area contributed by atoms with Gasteiger partial charge in [-0.15, -0.1) is 11.3 Å². The number of nitrogens with zero attached hydrogens (tertiary/aromatic N) is 3. The van der Waals surface area contributed by atoms with Crippen LogP contribution in [-0.2, 0) is 9.59 Å². The number of rotatable bonds is 5. The molecular formula is C25H20N4O3S.